The van der Waals surface area contributed by atoms with E-state index in [2.05, 4.69) is 6.92 Å². The van der Waals surface area contributed by atoms with E-state index in [1.54, 1.807) is 14.1 Å². The molecule has 0 saturated carbocycles. The van der Waals surface area contributed by atoms with Gasteiger partial charge in [-0.2, -0.15) is 0 Å². The lowest BCUT2D eigenvalue weighted by molar-refractivity contribution is -0.961. The predicted octanol–water partition coefficient (Wildman–Crippen LogP) is 3.50. The van der Waals surface area contributed by atoms with E-state index in [1.165, 1.54) is 51.9 Å². The fraction of sp³-hybridized carbons (Fsp3) is 0.923. The zero-order valence-corrected chi connectivity index (χ0v) is 21.7. The molecule has 0 radical (unpaired) electrons. The maximum absolute atomic E-state index is 12.5. The lowest BCUT2D eigenvalue weighted by Crippen LogP contribution is -2.74. The van der Waals surface area contributed by atoms with Gasteiger partial charge in [-0.1, -0.05) is 64.7 Å². The van der Waals surface area contributed by atoms with Crippen LogP contribution in [0.15, 0.2) is 0 Å². The van der Waals surface area contributed by atoms with Gasteiger partial charge in [0.2, 0.25) is 0 Å². The first-order valence-corrected chi connectivity index (χ1v) is 13.1. The Morgan fingerprint density at radius 1 is 0.818 bits per heavy atom. The monoisotopic (exact) mass is 473 g/mol. The number of aliphatic hydroxyl groups excluding tert-OH is 2. The molecule has 3 unspecified atom stereocenters. The summed E-state index contributed by atoms with van der Waals surface area (Å²) in [5.74, 6) is -3.73. The molecule has 7 heteroatoms. The maximum Gasteiger partial charge on any atom is 0.313 e. The van der Waals surface area contributed by atoms with Crippen molar-refractivity contribution in [2.24, 2.45) is 5.92 Å². The van der Waals surface area contributed by atoms with Crippen LogP contribution in [0, 0.1) is 5.92 Å². The fourth-order valence-corrected chi connectivity index (χ4v) is 5.38. The van der Waals surface area contributed by atoms with Crippen LogP contribution in [0.3, 0.4) is 0 Å². The molecule has 0 aliphatic carbocycles. The van der Waals surface area contributed by atoms with Crippen LogP contribution in [-0.2, 0) is 9.59 Å². The minimum absolute atomic E-state index is 0.0119. The number of carbonyl (C=O) groups excluding carboxylic acids is 1. The van der Waals surface area contributed by atoms with E-state index < -0.39 is 23.4 Å². The van der Waals surface area contributed by atoms with Crippen molar-refractivity contribution < 1.29 is 34.5 Å². The molecule has 0 fully saturated rings. The highest BCUT2D eigenvalue weighted by Crippen LogP contribution is 2.39. The van der Waals surface area contributed by atoms with Gasteiger partial charge in [0, 0.05) is 26.1 Å². The molecule has 0 aliphatic rings. The van der Waals surface area contributed by atoms with Crippen LogP contribution in [0.5, 0.6) is 0 Å². The second kappa shape index (κ2) is 17.3. The molecule has 0 aromatic heterocycles. The molecule has 0 amide bonds. The second-order valence-electron chi connectivity index (χ2n) is 10.1. The summed E-state index contributed by atoms with van der Waals surface area (Å²) in [7, 11) is 3.57. The number of carboxylic acid groups (broad SMARTS) is 2. The van der Waals surface area contributed by atoms with Gasteiger partial charge in [-0.15, -0.1) is 0 Å². The molecule has 0 spiro atoms. The predicted molar refractivity (Wildman–Crippen MR) is 130 cm³/mol. The molecule has 196 valence electrons. The van der Waals surface area contributed by atoms with E-state index >= 15 is 0 Å². The van der Waals surface area contributed by atoms with Crippen molar-refractivity contribution in [2.45, 2.75) is 122 Å². The van der Waals surface area contributed by atoms with Crippen molar-refractivity contribution in [2.75, 3.05) is 27.3 Å². The largest absolute Gasteiger partial charge is 0.544 e. The van der Waals surface area contributed by atoms with Gasteiger partial charge in [0.05, 0.1) is 20.1 Å². The van der Waals surface area contributed by atoms with Gasteiger partial charge >= 0.3 is 5.97 Å². The second-order valence-corrected chi connectivity index (χ2v) is 10.1. The number of carboxylic acids is 2. The highest BCUT2D eigenvalue weighted by molar-refractivity contribution is 5.84. The quantitative estimate of drug-likeness (QED) is 0.164. The topological polar surface area (TPSA) is 118 Å². The highest BCUT2D eigenvalue weighted by atomic mass is 16.4. The number of carbonyl (C=O) groups is 2. The first-order valence-electron chi connectivity index (χ1n) is 13.1. The summed E-state index contributed by atoms with van der Waals surface area (Å²) in [6.45, 7) is 3.46. The van der Waals surface area contributed by atoms with E-state index in [0.29, 0.717) is 12.8 Å². The van der Waals surface area contributed by atoms with Gasteiger partial charge in [0.15, 0.2) is 5.54 Å². The van der Waals surface area contributed by atoms with Crippen LogP contribution in [0.1, 0.15) is 110 Å². The number of likely N-dealkylation sites (N-methyl/N-ethyl adjacent to an activating group) is 1. The number of hydrogen-bond donors (Lipinski definition) is 3. The Morgan fingerprint density at radius 3 is 1.70 bits per heavy atom. The molecule has 3 atom stereocenters. The first kappa shape index (κ1) is 31.8. The highest BCUT2D eigenvalue weighted by Gasteiger charge is 2.56. The molecule has 0 rings (SSSR count). The lowest BCUT2D eigenvalue weighted by atomic mass is 9.76. The van der Waals surface area contributed by atoms with E-state index in [0.717, 1.165) is 25.7 Å². The SMILES string of the molecule is CCCCCCCCCCCCC(CCCO)[N+](C)(C)C(CCCO)(C(=O)[O-])C(C)C(=O)O. The lowest BCUT2D eigenvalue weighted by Gasteiger charge is -2.55. The minimum Gasteiger partial charge on any atom is -0.544 e. The fourth-order valence-electron chi connectivity index (χ4n) is 5.38. The van der Waals surface area contributed by atoms with Gasteiger partial charge in [0.25, 0.3) is 0 Å². The van der Waals surface area contributed by atoms with Gasteiger partial charge in [-0.05, 0) is 32.6 Å². The molecule has 0 aromatic rings. The van der Waals surface area contributed by atoms with E-state index in [-0.39, 0.29) is 36.6 Å². The molecule has 3 N–H and O–H groups in total. The zero-order valence-electron chi connectivity index (χ0n) is 21.7. The number of hydrogen-bond acceptors (Lipinski definition) is 5. The smallest absolute Gasteiger partial charge is 0.313 e. The van der Waals surface area contributed by atoms with Crippen molar-refractivity contribution in [3.8, 4) is 0 Å². The van der Waals surface area contributed by atoms with Crippen molar-refractivity contribution >= 4 is 11.9 Å². The van der Waals surface area contributed by atoms with Crippen molar-refractivity contribution in [3.05, 3.63) is 0 Å². The maximum atomic E-state index is 12.5. The third-order valence-electron chi connectivity index (χ3n) is 7.68. The summed E-state index contributed by atoms with van der Waals surface area (Å²) >= 11 is 0. The van der Waals surface area contributed by atoms with E-state index in [9.17, 15) is 30.0 Å². The minimum atomic E-state index is -1.66. The number of quaternary nitrogens is 1. The molecule has 33 heavy (non-hydrogen) atoms. The Morgan fingerprint density at radius 2 is 1.27 bits per heavy atom. The van der Waals surface area contributed by atoms with Gasteiger partial charge in [0.1, 0.15) is 11.9 Å². The van der Waals surface area contributed by atoms with Crippen molar-refractivity contribution in [3.63, 3.8) is 0 Å². The number of rotatable bonds is 22. The number of aliphatic carboxylic acids is 2. The summed E-state index contributed by atoms with van der Waals surface area (Å²) in [5.41, 5.74) is -1.66. The normalized spacial score (nSPS) is 15.7. The Labute approximate surface area is 201 Å². The molecule has 0 heterocycles. The zero-order chi connectivity index (χ0) is 25.3. The van der Waals surface area contributed by atoms with Crippen LogP contribution in [0.25, 0.3) is 0 Å². The summed E-state index contributed by atoms with van der Waals surface area (Å²) in [5, 5.41) is 41.1. The summed E-state index contributed by atoms with van der Waals surface area (Å²) in [6.07, 6.45) is 14.2. The van der Waals surface area contributed by atoms with Gasteiger partial charge in [-0.25, -0.2) is 0 Å². The van der Waals surface area contributed by atoms with Crippen LogP contribution in [0.2, 0.25) is 0 Å². The van der Waals surface area contributed by atoms with Gasteiger partial charge in [-0.3, -0.25) is 4.79 Å². The standard InChI is InChI=1S/C26H51NO6/c1-5-6-7-8-9-10-11-12-13-14-17-23(18-15-20-28)27(3,4)26(25(32)33,19-16-21-29)22(2)24(30)31/h22-23,28-29H,5-21H2,1-4H3,(H-,30,31,32,33). The van der Waals surface area contributed by atoms with Crippen LogP contribution in [-0.4, -0.2) is 70.6 Å². The molecule has 0 bridgehead atoms. The Bertz CT molecular complexity index is 539. The third kappa shape index (κ3) is 9.91. The summed E-state index contributed by atoms with van der Waals surface area (Å²) in [6, 6.07) is -0.121. The number of nitrogens with zero attached hydrogens (tertiary/aromatic N) is 1. The Hall–Kier alpha value is -1.18. The summed E-state index contributed by atoms with van der Waals surface area (Å²) < 4.78 is -0.0276. The molecular formula is C26H51NO6. The van der Waals surface area contributed by atoms with E-state index in [4.69, 9.17) is 0 Å². The Kier molecular flexibility index (Phi) is 16.7. The average molecular weight is 474 g/mol. The first-order chi connectivity index (χ1) is 15.6. The average Bonchev–Trinajstić information content (AvgIpc) is 2.76. The summed E-state index contributed by atoms with van der Waals surface area (Å²) in [4.78, 5) is 24.5. The molecular weight excluding hydrogens is 422 g/mol. The molecule has 0 saturated heterocycles. The number of unbranched alkanes of at least 4 members (excludes halogenated alkanes) is 9. The molecule has 7 nitrogen and oxygen atoms in total. The van der Waals surface area contributed by atoms with Gasteiger partial charge < -0.3 is 29.7 Å². The number of aliphatic hydroxyl groups is 2. The Balaban J connectivity index is 5.25. The molecule has 0 aliphatic heterocycles. The third-order valence-corrected chi connectivity index (χ3v) is 7.68. The van der Waals surface area contributed by atoms with Crippen LogP contribution >= 0.6 is 0 Å². The van der Waals surface area contributed by atoms with Crippen LogP contribution in [0.4, 0.5) is 0 Å². The van der Waals surface area contributed by atoms with Crippen molar-refractivity contribution in [1.29, 1.82) is 0 Å². The van der Waals surface area contributed by atoms with E-state index in [1.807, 2.05) is 0 Å². The van der Waals surface area contributed by atoms with Crippen molar-refractivity contribution in [1.82, 2.24) is 0 Å². The molecule has 0 aromatic carbocycles. The van der Waals surface area contributed by atoms with Crippen LogP contribution < -0.4 is 5.11 Å².